The van der Waals surface area contributed by atoms with Crippen molar-refractivity contribution in [1.82, 2.24) is 0 Å². The second-order valence-electron chi connectivity index (χ2n) is 2.71. The molecule has 0 aromatic carbocycles. The molecule has 2 nitrogen and oxygen atoms in total. The minimum atomic E-state index is 0.669. The molecule has 0 aromatic rings. The zero-order chi connectivity index (χ0) is 8.36. The van der Waals surface area contributed by atoms with Crippen LogP contribution in [-0.4, -0.2) is 13.3 Å². The molecule has 0 bridgehead atoms. The van der Waals surface area contributed by atoms with E-state index in [2.05, 4.69) is 16.9 Å². The Balaban J connectivity index is 2.74. The van der Waals surface area contributed by atoms with Gasteiger partial charge in [0.2, 0.25) is 0 Å². The van der Waals surface area contributed by atoms with Crippen LogP contribution in [0.4, 0.5) is 0 Å². The van der Waals surface area contributed by atoms with E-state index in [1.807, 2.05) is 0 Å². The molecule has 0 amide bonds. The van der Waals surface area contributed by atoms with Crippen LogP contribution in [0.2, 0.25) is 0 Å². The van der Waals surface area contributed by atoms with Crippen LogP contribution in [0.5, 0.6) is 0 Å². The van der Waals surface area contributed by atoms with Crippen LogP contribution in [0.3, 0.4) is 0 Å². The molecule has 0 aromatic heterocycles. The summed E-state index contributed by atoms with van der Waals surface area (Å²) in [6.45, 7) is 7.68. The molecule has 0 N–H and O–H groups in total. The van der Waals surface area contributed by atoms with Crippen molar-refractivity contribution < 1.29 is 4.84 Å². The third-order valence-corrected chi connectivity index (χ3v) is 1.66. The van der Waals surface area contributed by atoms with Gasteiger partial charge >= 0.3 is 0 Å². The third-order valence-electron chi connectivity index (χ3n) is 1.66. The normalized spacial score (nSPS) is 9.55. The van der Waals surface area contributed by atoms with Gasteiger partial charge in [0, 0.05) is 0 Å². The fourth-order valence-electron chi connectivity index (χ4n) is 1.000. The van der Waals surface area contributed by atoms with E-state index in [4.69, 9.17) is 6.72 Å². The summed E-state index contributed by atoms with van der Waals surface area (Å²) in [5.41, 5.74) is 0. The second kappa shape index (κ2) is 9.47. The van der Waals surface area contributed by atoms with Crippen molar-refractivity contribution in [2.45, 2.75) is 45.4 Å². The SMILES string of the molecule is [CH]=NOCCCCCCCC. The van der Waals surface area contributed by atoms with Gasteiger partial charge in [0.1, 0.15) is 6.61 Å². The van der Waals surface area contributed by atoms with Crippen molar-refractivity contribution in [3.05, 3.63) is 0 Å². The van der Waals surface area contributed by atoms with Gasteiger partial charge in [-0.25, -0.2) is 0 Å². The molecule has 65 valence electrons. The van der Waals surface area contributed by atoms with Crippen LogP contribution in [0.25, 0.3) is 0 Å². The number of nitrogens with zero attached hydrogens (tertiary/aromatic N) is 1. The summed E-state index contributed by atoms with van der Waals surface area (Å²) < 4.78 is 0. The highest BCUT2D eigenvalue weighted by molar-refractivity contribution is 5.21. The first-order valence-corrected chi connectivity index (χ1v) is 4.44. The molecular formula is C9H18NO. The molecule has 0 unspecified atom stereocenters. The Bertz CT molecular complexity index is 83.6. The fourth-order valence-corrected chi connectivity index (χ4v) is 1.000. The van der Waals surface area contributed by atoms with Gasteiger partial charge in [-0.05, 0) is 12.8 Å². The summed E-state index contributed by atoms with van der Waals surface area (Å²) in [6.07, 6.45) is 7.61. The molecule has 0 heterocycles. The van der Waals surface area contributed by atoms with Crippen molar-refractivity contribution in [3.63, 3.8) is 0 Å². The minimum absolute atomic E-state index is 0.669. The van der Waals surface area contributed by atoms with Crippen molar-refractivity contribution in [1.29, 1.82) is 0 Å². The Kier molecular flexibility index (Phi) is 9.01. The maximum absolute atomic E-state index is 4.79. The smallest absolute Gasteiger partial charge is 0.117 e. The van der Waals surface area contributed by atoms with Crippen LogP contribution >= 0.6 is 0 Å². The van der Waals surface area contributed by atoms with Crippen LogP contribution in [-0.2, 0) is 4.84 Å². The highest BCUT2D eigenvalue weighted by Gasteiger charge is 1.88. The molecule has 2 heteroatoms. The Morgan fingerprint density at radius 3 is 2.36 bits per heavy atom. The lowest BCUT2D eigenvalue weighted by molar-refractivity contribution is 0.142. The molecular weight excluding hydrogens is 138 g/mol. The first kappa shape index (κ1) is 10.5. The molecule has 0 saturated heterocycles. The van der Waals surface area contributed by atoms with Crippen LogP contribution < -0.4 is 0 Å². The number of hydrogen-bond donors (Lipinski definition) is 0. The Labute approximate surface area is 69.6 Å². The van der Waals surface area contributed by atoms with E-state index in [0.29, 0.717) is 6.61 Å². The Hall–Kier alpha value is -0.530. The van der Waals surface area contributed by atoms with E-state index in [0.717, 1.165) is 6.42 Å². The van der Waals surface area contributed by atoms with Gasteiger partial charge in [0.05, 0.1) is 6.72 Å². The third kappa shape index (κ3) is 9.47. The summed E-state index contributed by atoms with van der Waals surface area (Å²) in [4.78, 5) is 4.64. The molecule has 0 rings (SSSR count). The largest absolute Gasteiger partial charge is 0.396 e. The summed E-state index contributed by atoms with van der Waals surface area (Å²) in [7, 11) is 0. The first-order chi connectivity index (χ1) is 5.41. The van der Waals surface area contributed by atoms with Crippen LogP contribution in [0.1, 0.15) is 45.4 Å². The Morgan fingerprint density at radius 2 is 1.73 bits per heavy atom. The topological polar surface area (TPSA) is 21.6 Å². The molecule has 0 aliphatic rings. The van der Waals surface area contributed by atoms with Gasteiger partial charge in [-0.3, -0.25) is 0 Å². The zero-order valence-corrected chi connectivity index (χ0v) is 7.38. The average molecular weight is 156 g/mol. The summed E-state index contributed by atoms with van der Waals surface area (Å²) in [6, 6.07) is 0. The van der Waals surface area contributed by atoms with E-state index in [-0.39, 0.29) is 0 Å². The molecule has 0 atom stereocenters. The fraction of sp³-hybridized carbons (Fsp3) is 0.889. The van der Waals surface area contributed by atoms with Crippen molar-refractivity contribution in [2.24, 2.45) is 5.16 Å². The van der Waals surface area contributed by atoms with Gasteiger partial charge in [-0.2, -0.15) is 0 Å². The molecule has 0 saturated carbocycles. The predicted octanol–water partition coefficient (Wildman–Crippen LogP) is 2.86. The minimum Gasteiger partial charge on any atom is -0.396 e. The first-order valence-electron chi connectivity index (χ1n) is 4.44. The van der Waals surface area contributed by atoms with E-state index in [1.165, 1.54) is 32.1 Å². The zero-order valence-electron chi connectivity index (χ0n) is 7.38. The van der Waals surface area contributed by atoms with Gasteiger partial charge in [-0.1, -0.05) is 37.8 Å². The number of hydrogen-bond acceptors (Lipinski definition) is 2. The van der Waals surface area contributed by atoms with E-state index >= 15 is 0 Å². The summed E-state index contributed by atoms with van der Waals surface area (Å²) in [5, 5.41) is 3.07. The predicted molar refractivity (Wildman–Crippen MR) is 47.8 cm³/mol. The lowest BCUT2D eigenvalue weighted by Gasteiger charge is -1.98. The highest BCUT2D eigenvalue weighted by atomic mass is 16.6. The van der Waals surface area contributed by atoms with E-state index in [1.54, 1.807) is 0 Å². The second-order valence-corrected chi connectivity index (χ2v) is 2.71. The molecule has 0 fully saturated rings. The maximum Gasteiger partial charge on any atom is 0.117 e. The van der Waals surface area contributed by atoms with Crippen molar-refractivity contribution in [2.75, 3.05) is 6.61 Å². The van der Waals surface area contributed by atoms with Crippen molar-refractivity contribution >= 4 is 6.72 Å². The summed E-state index contributed by atoms with van der Waals surface area (Å²) in [5.74, 6) is 0. The van der Waals surface area contributed by atoms with Gasteiger partial charge < -0.3 is 4.84 Å². The molecule has 0 aliphatic carbocycles. The monoisotopic (exact) mass is 156 g/mol. The quantitative estimate of drug-likeness (QED) is 0.301. The number of rotatable bonds is 8. The highest BCUT2D eigenvalue weighted by Crippen LogP contribution is 2.04. The van der Waals surface area contributed by atoms with Gasteiger partial charge in [0.15, 0.2) is 0 Å². The van der Waals surface area contributed by atoms with Gasteiger partial charge in [-0.15, -0.1) is 0 Å². The number of unbranched alkanes of at least 4 members (excludes halogenated alkanes) is 5. The molecule has 11 heavy (non-hydrogen) atoms. The van der Waals surface area contributed by atoms with Gasteiger partial charge in [0.25, 0.3) is 0 Å². The molecule has 0 spiro atoms. The van der Waals surface area contributed by atoms with Crippen LogP contribution in [0.15, 0.2) is 5.16 Å². The molecule has 1 radical (unpaired) electrons. The summed E-state index contributed by atoms with van der Waals surface area (Å²) >= 11 is 0. The van der Waals surface area contributed by atoms with E-state index < -0.39 is 0 Å². The molecule has 0 aliphatic heterocycles. The van der Waals surface area contributed by atoms with Crippen LogP contribution in [0, 0.1) is 0 Å². The van der Waals surface area contributed by atoms with E-state index in [9.17, 15) is 0 Å². The lowest BCUT2D eigenvalue weighted by Crippen LogP contribution is -1.87. The standard InChI is InChI=1S/C9H18NO/c1-3-4-5-6-7-8-9-11-10-2/h2H,3-9H2,1H3. The lowest BCUT2D eigenvalue weighted by atomic mass is 10.1. The van der Waals surface area contributed by atoms with Crippen molar-refractivity contribution in [3.8, 4) is 0 Å². The Morgan fingerprint density at radius 1 is 1.09 bits per heavy atom. The average Bonchev–Trinajstić information content (AvgIpc) is 2.03. The maximum atomic E-state index is 4.79.